The van der Waals surface area contributed by atoms with E-state index in [4.69, 9.17) is 11.4 Å². The maximum absolute atomic E-state index is 5.80. The summed E-state index contributed by atoms with van der Waals surface area (Å²) >= 11 is 0. The van der Waals surface area contributed by atoms with E-state index in [-0.39, 0.29) is 0 Å². The SMILES string of the molecule is C#CCN(c1ccc2nc(-c3ccccc3)[nH]c2c1)c1nnc(-c2ccccc2)c2ccccc12. The third-order valence-electron chi connectivity index (χ3n) is 6.04. The van der Waals surface area contributed by atoms with Crippen LogP contribution >= 0.6 is 0 Å². The van der Waals surface area contributed by atoms with Gasteiger partial charge in [-0.2, -0.15) is 0 Å². The number of aromatic nitrogens is 4. The normalized spacial score (nSPS) is 10.9. The maximum atomic E-state index is 5.80. The molecule has 2 aromatic heterocycles. The van der Waals surface area contributed by atoms with Gasteiger partial charge in [0, 0.05) is 27.6 Å². The molecule has 0 aliphatic carbocycles. The molecular formula is C30H21N5. The Balaban J connectivity index is 1.48. The number of fused-ring (bicyclic) bond motifs is 2. The maximum Gasteiger partial charge on any atom is 0.164 e. The van der Waals surface area contributed by atoms with Crippen molar-refractivity contribution < 1.29 is 0 Å². The highest BCUT2D eigenvalue weighted by Gasteiger charge is 2.18. The van der Waals surface area contributed by atoms with E-state index in [0.717, 1.165) is 56.0 Å². The number of rotatable bonds is 5. The fourth-order valence-corrected chi connectivity index (χ4v) is 4.38. The molecule has 5 heteroatoms. The first-order valence-corrected chi connectivity index (χ1v) is 11.4. The third kappa shape index (κ3) is 3.77. The lowest BCUT2D eigenvalue weighted by molar-refractivity contribution is 0.987. The predicted octanol–water partition coefficient (Wildman–Crippen LogP) is 6.61. The van der Waals surface area contributed by atoms with Crippen LogP contribution in [0.25, 0.3) is 44.5 Å². The minimum Gasteiger partial charge on any atom is -0.338 e. The zero-order chi connectivity index (χ0) is 23.6. The van der Waals surface area contributed by atoms with Crippen LogP contribution in [0.3, 0.4) is 0 Å². The molecule has 1 N–H and O–H groups in total. The standard InChI is InChI=1S/C30H21N5/c1-2-19-35(23-17-18-26-27(20-23)32-29(31-26)22-13-7-4-8-14-22)30-25-16-10-9-15-24(25)28(33-34-30)21-11-5-3-6-12-21/h1,3-18,20H,19H2,(H,31,32). The van der Waals surface area contributed by atoms with E-state index in [1.165, 1.54) is 0 Å². The van der Waals surface area contributed by atoms with Crippen molar-refractivity contribution in [2.24, 2.45) is 0 Å². The van der Waals surface area contributed by atoms with E-state index < -0.39 is 0 Å². The summed E-state index contributed by atoms with van der Waals surface area (Å²) in [6, 6.07) is 34.5. The van der Waals surface area contributed by atoms with Gasteiger partial charge in [-0.25, -0.2) is 4.98 Å². The molecule has 5 nitrogen and oxygen atoms in total. The van der Waals surface area contributed by atoms with Crippen LogP contribution in [0.2, 0.25) is 0 Å². The quantitative estimate of drug-likeness (QED) is 0.300. The number of imidazole rings is 1. The van der Waals surface area contributed by atoms with Gasteiger partial charge in [0.15, 0.2) is 5.82 Å². The monoisotopic (exact) mass is 451 g/mol. The molecule has 0 fully saturated rings. The van der Waals surface area contributed by atoms with Crippen molar-refractivity contribution >= 4 is 33.3 Å². The van der Waals surface area contributed by atoms with Crippen molar-refractivity contribution in [3.63, 3.8) is 0 Å². The van der Waals surface area contributed by atoms with Crippen molar-refractivity contribution in [3.05, 3.63) is 103 Å². The lowest BCUT2D eigenvalue weighted by atomic mass is 10.0. The van der Waals surface area contributed by atoms with Gasteiger partial charge in [-0.15, -0.1) is 16.6 Å². The summed E-state index contributed by atoms with van der Waals surface area (Å²) in [4.78, 5) is 10.2. The molecule has 0 atom stereocenters. The van der Waals surface area contributed by atoms with Crippen molar-refractivity contribution in [2.45, 2.75) is 0 Å². The van der Waals surface area contributed by atoms with Gasteiger partial charge >= 0.3 is 0 Å². The van der Waals surface area contributed by atoms with E-state index in [0.29, 0.717) is 6.54 Å². The van der Waals surface area contributed by atoms with Crippen LogP contribution in [0.15, 0.2) is 103 Å². The summed E-state index contributed by atoms with van der Waals surface area (Å²) in [5.74, 6) is 4.34. The second-order valence-corrected chi connectivity index (χ2v) is 8.23. The summed E-state index contributed by atoms with van der Waals surface area (Å²) < 4.78 is 0. The zero-order valence-corrected chi connectivity index (χ0v) is 18.9. The summed E-state index contributed by atoms with van der Waals surface area (Å²) in [6.45, 7) is 0.356. The number of nitrogens with zero attached hydrogens (tertiary/aromatic N) is 4. The van der Waals surface area contributed by atoms with Gasteiger partial charge in [-0.3, -0.25) is 0 Å². The minimum atomic E-state index is 0.356. The predicted molar refractivity (Wildman–Crippen MR) is 142 cm³/mol. The number of hydrogen-bond donors (Lipinski definition) is 1. The first-order valence-electron chi connectivity index (χ1n) is 11.4. The van der Waals surface area contributed by atoms with Crippen LogP contribution in [0.5, 0.6) is 0 Å². The lowest BCUT2D eigenvalue weighted by Gasteiger charge is -2.23. The van der Waals surface area contributed by atoms with E-state index in [9.17, 15) is 0 Å². The molecule has 6 rings (SSSR count). The molecule has 0 saturated carbocycles. The second kappa shape index (κ2) is 8.77. The fourth-order valence-electron chi connectivity index (χ4n) is 4.38. The van der Waals surface area contributed by atoms with Gasteiger partial charge in [0.25, 0.3) is 0 Å². The van der Waals surface area contributed by atoms with Crippen LogP contribution in [0, 0.1) is 12.3 Å². The largest absolute Gasteiger partial charge is 0.338 e. The number of aromatic amines is 1. The van der Waals surface area contributed by atoms with Gasteiger partial charge < -0.3 is 9.88 Å². The average molecular weight is 452 g/mol. The molecule has 0 aliphatic rings. The lowest BCUT2D eigenvalue weighted by Crippen LogP contribution is -2.19. The number of H-pyrrole nitrogens is 1. The molecular weight excluding hydrogens is 430 g/mol. The summed E-state index contributed by atoms with van der Waals surface area (Å²) in [6.07, 6.45) is 5.80. The Morgan fingerprint density at radius 3 is 2.17 bits per heavy atom. The Bertz CT molecular complexity index is 1680. The fraction of sp³-hybridized carbons (Fsp3) is 0.0333. The zero-order valence-electron chi connectivity index (χ0n) is 18.9. The Labute approximate surface area is 203 Å². The number of terminal acetylenes is 1. The third-order valence-corrected chi connectivity index (χ3v) is 6.04. The summed E-state index contributed by atoms with van der Waals surface area (Å²) in [5.41, 5.74) is 5.66. The molecule has 0 bridgehead atoms. The molecule has 0 amide bonds. The smallest absolute Gasteiger partial charge is 0.164 e. The molecule has 0 aliphatic heterocycles. The van der Waals surface area contributed by atoms with Crippen LogP contribution in [0.1, 0.15) is 0 Å². The van der Waals surface area contributed by atoms with E-state index in [2.05, 4.69) is 39.3 Å². The molecule has 6 aromatic rings. The average Bonchev–Trinajstić information content (AvgIpc) is 3.36. The molecule has 35 heavy (non-hydrogen) atoms. The Morgan fingerprint density at radius 2 is 1.43 bits per heavy atom. The van der Waals surface area contributed by atoms with E-state index in [1.54, 1.807) is 0 Å². The van der Waals surface area contributed by atoms with Crippen LogP contribution in [0.4, 0.5) is 11.5 Å². The molecule has 0 saturated heterocycles. The van der Waals surface area contributed by atoms with E-state index >= 15 is 0 Å². The van der Waals surface area contributed by atoms with Gasteiger partial charge in [0.05, 0.1) is 17.6 Å². The van der Waals surface area contributed by atoms with Crippen molar-refractivity contribution in [3.8, 4) is 35.0 Å². The molecule has 0 spiro atoms. The first kappa shape index (κ1) is 20.6. The topological polar surface area (TPSA) is 57.7 Å². The van der Waals surface area contributed by atoms with Crippen molar-refractivity contribution in [1.29, 1.82) is 0 Å². The van der Waals surface area contributed by atoms with Crippen LogP contribution < -0.4 is 4.90 Å². The van der Waals surface area contributed by atoms with Gasteiger partial charge in [-0.1, -0.05) is 90.8 Å². The summed E-state index contributed by atoms with van der Waals surface area (Å²) in [7, 11) is 0. The highest BCUT2D eigenvalue weighted by molar-refractivity contribution is 6.01. The number of benzene rings is 4. The summed E-state index contributed by atoms with van der Waals surface area (Å²) in [5, 5.41) is 11.3. The number of nitrogens with one attached hydrogen (secondary N) is 1. The number of anilines is 2. The van der Waals surface area contributed by atoms with E-state index in [1.807, 2.05) is 89.8 Å². The highest BCUT2D eigenvalue weighted by atomic mass is 15.3. The Kier molecular flexibility index (Phi) is 5.17. The first-order chi connectivity index (χ1) is 17.3. The Hall–Kier alpha value is -4.95. The van der Waals surface area contributed by atoms with Crippen molar-refractivity contribution in [1.82, 2.24) is 20.2 Å². The molecule has 0 radical (unpaired) electrons. The van der Waals surface area contributed by atoms with Gasteiger partial charge in [0.1, 0.15) is 11.5 Å². The molecule has 2 heterocycles. The van der Waals surface area contributed by atoms with Gasteiger partial charge in [0.2, 0.25) is 0 Å². The van der Waals surface area contributed by atoms with Crippen LogP contribution in [-0.2, 0) is 0 Å². The number of hydrogen-bond acceptors (Lipinski definition) is 4. The molecule has 0 unspecified atom stereocenters. The Morgan fingerprint density at radius 1 is 0.743 bits per heavy atom. The molecule has 4 aromatic carbocycles. The van der Waals surface area contributed by atoms with Gasteiger partial charge in [-0.05, 0) is 18.2 Å². The highest BCUT2D eigenvalue weighted by Crippen LogP contribution is 2.35. The second-order valence-electron chi connectivity index (χ2n) is 8.23. The molecule has 166 valence electrons. The minimum absolute atomic E-state index is 0.356. The van der Waals surface area contributed by atoms with Crippen molar-refractivity contribution in [2.75, 3.05) is 11.4 Å². The van der Waals surface area contributed by atoms with Crippen LogP contribution in [-0.4, -0.2) is 26.7 Å².